The SMILES string of the molecule is O=Cc1cc(F)ccc1Sc1c(Cl)cccc1CNC(=O)OCC1c2ccccc2-c2ccccc21. The van der Waals surface area contributed by atoms with Crippen LogP contribution in [0.4, 0.5) is 9.18 Å². The second-order valence-corrected chi connectivity index (χ2v) is 9.77. The maximum absolute atomic E-state index is 13.5. The Balaban J connectivity index is 1.27. The van der Waals surface area contributed by atoms with Crippen molar-refractivity contribution in [1.82, 2.24) is 5.32 Å². The van der Waals surface area contributed by atoms with E-state index in [1.54, 1.807) is 12.1 Å². The molecule has 1 aliphatic carbocycles. The van der Waals surface area contributed by atoms with E-state index in [0.29, 0.717) is 21.1 Å². The third-order valence-electron chi connectivity index (χ3n) is 6.13. The molecule has 4 aromatic rings. The molecule has 0 unspecified atom stereocenters. The number of alkyl carbamates (subject to hydrolysis) is 1. The predicted molar refractivity (Wildman–Crippen MR) is 139 cm³/mol. The molecule has 0 aliphatic heterocycles. The zero-order valence-electron chi connectivity index (χ0n) is 19.0. The number of halogens is 2. The fraction of sp³-hybridized carbons (Fsp3) is 0.103. The average molecular weight is 518 g/mol. The van der Waals surface area contributed by atoms with Crippen LogP contribution < -0.4 is 5.32 Å². The first-order chi connectivity index (χ1) is 17.5. The van der Waals surface area contributed by atoms with Gasteiger partial charge in [0.1, 0.15) is 12.4 Å². The van der Waals surface area contributed by atoms with Crippen molar-refractivity contribution in [2.75, 3.05) is 6.61 Å². The Kier molecular flexibility index (Phi) is 7.07. The van der Waals surface area contributed by atoms with Gasteiger partial charge in [0.25, 0.3) is 0 Å². The molecule has 36 heavy (non-hydrogen) atoms. The van der Waals surface area contributed by atoms with E-state index in [2.05, 4.69) is 29.6 Å². The molecule has 0 saturated carbocycles. The number of nitrogens with one attached hydrogen (secondary N) is 1. The number of hydrogen-bond acceptors (Lipinski definition) is 4. The fourth-order valence-corrected chi connectivity index (χ4v) is 5.77. The summed E-state index contributed by atoms with van der Waals surface area (Å²) in [4.78, 5) is 25.3. The highest BCUT2D eigenvalue weighted by Crippen LogP contribution is 2.44. The minimum absolute atomic E-state index is 0.0272. The van der Waals surface area contributed by atoms with Crippen molar-refractivity contribution >= 4 is 35.7 Å². The Hall–Kier alpha value is -3.61. The molecule has 5 rings (SSSR count). The van der Waals surface area contributed by atoms with Gasteiger partial charge in [-0.1, -0.05) is 84.0 Å². The molecule has 0 radical (unpaired) electrons. The summed E-state index contributed by atoms with van der Waals surface area (Å²) in [6.07, 6.45) is 0.0693. The van der Waals surface area contributed by atoms with Crippen LogP contribution in [0.1, 0.15) is 33.0 Å². The first-order valence-corrected chi connectivity index (χ1v) is 12.5. The monoisotopic (exact) mass is 517 g/mol. The van der Waals surface area contributed by atoms with Crippen LogP contribution in [0.5, 0.6) is 0 Å². The highest BCUT2D eigenvalue weighted by molar-refractivity contribution is 7.99. The normalized spacial score (nSPS) is 12.1. The lowest BCUT2D eigenvalue weighted by atomic mass is 9.98. The molecule has 1 N–H and O–H groups in total. The van der Waals surface area contributed by atoms with Crippen molar-refractivity contribution in [2.24, 2.45) is 0 Å². The van der Waals surface area contributed by atoms with Gasteiger partial charge in [0.2, 0.25) is 0 Å². The molecule has 0 atom stereocenters. The first kappa shape index (κ1) is 24.1. The van der Waals surface area contributed by atoms with Crippen molar-refractivity contribution < 1.29 is 18.7 Å². The quantitative estimate of drug-likeness (QED) is 0.258. The van der Waals surface area contributed by atoms with Gasteiger partial charge in [0.05, 0.1) is 5.02 Å². The molecule has 0 heterocycles. The maximum atomic E-state index is 13.5. The molecule has 0 spiro atoms. The van der Waals surface area contributed by atoms with Gasteiger partial charge in [-0.05, 0) is 52.1 Å². The third-order valence-corrected chi connectivity index (χ3v) is 7.83. The van der Waals surface area contributed by atoms with Gasteiger partial charge in [-0.15, -0.1) is 0 Å². The van der Waals surface area contributed by atoms with Crippen LogP contribution in [-0.4, -0.2) is 19.0 Å². The predicted octanol–water partition coefficient (Wildman–Crippen LogP) is 7.48. The lowest BCUT2D eigenvalue weighted by Crippen LogP contribution is -2.26. The summed E-state index contributed by atoms with van der Waals surface area (Å²) < 4.78 is 19.2. The van der Waals surface area contributed by atoms with E-state index < -0.39 is 11.9 Å². The Morgan fingerprint density at radius 2 is 1.67 bits per heavy atom. The van der Waals surface area contributed by atoms with Crippen LogP contribution in [0, 0.1) is 5.82 Å². The van der Waals surface area contributed by atoms with E-state index in [0.717, 1.165) is 27.8 Å². The molecule has 1 amide bonds. The Morgan fingerprint density at radius 3 is 2.36 bits per heavy atom. The lowest BCUT2D eigenvalue weighted by molar-refractivity contribution is 0.112. The molecule has 4 nitrogen and oxygen atoms in total. The number of carbonyl (C=O) groups excluding carboxylic acids is 2. The number of hydrogen-bond donors (Lipinski definition) is 1. The first-order valence-electron chi connectivity index (χ1n) is 11.3. The van der Waals surface area contributed by atoms with Crippen molar-refractivity contribution in [3.05, 3.63) is 118 Å². The molecule has 0 bridgehead atoms. The van der Waals surface area contributed by atoms with Crippen LogP contribution in [0.3, 0.4) is 0 Å². The smallest absolute Gasteiger partial charge is 0.407 e. The van der Waals surface area contributed by atoms with Crippen molar-refractivity contribution in [2.45, 2.75) is 22.3 Å². The fourth-order valence-electron chi connectivity index (χ4n) is 4.44. The molecule has 0 saturated heterocycles. The second kappa shape index (κ2) is 10.6. The summed E-state index contributed by atoms with van der Waals surface area (Å²) in [5.41, 5.74) is 5.60. The zero-order chi connectivity index (χ0) is 25.1. The largest absolute Gasteiger partial charge is 0.449 e. The molecule has 4 aromatic carbocycles. The number of rotatable bonds is 7. The van der Waals surface area contributed by atoms with Gasteiger partial charge in [-0.3, -0.25) is 4.79 Å². The Labute approximate surface area is 217 Å². The summed E-state index contributed by atoms with van der Waals surface area (Å²) in [6.45, 7) is 0.395. The zero-order valence-corrected chi connectivity index (χ0v) is 20.6. The van der Waals surface area contributed by atoms with Crippen LogP contribution in [-0.2, 0) is 11.3 Å². The summed E-state index contributed by atoms with van der Waals surface area (Å²) in [5.74, 6) is -0.515. The van der Waals surface area contributed by atoms with Gasteiger partial charge in [0, 0.05) is 27.8 Å². The molecular weight excluding hydrogens is 497 g/mol. The van der Waals surface area contributed by atoms with Crippen LogP contribution in [0.2, 0.25) is 5.02 Å². The minimum Gasteiger partial charge on any atom is -0.449 e. The van der Waals surface area contributed by atoms with Gasteiger partial charge >= 0.3 is 6.09 Å². The van der Waals surface area contributed by atoms with E-state index in [9.17, 15) is 14.0 Å². The van der Waals surface area contributed by atoms with Crippen molar-refractivity contribution in [3.8, 4) is 11.1 Å². The van der Waals surface area contributed by atoms with Crippen LogP contribution >= 0.6 is 23.4 Å². The topological polar surface area (TPSA) is 55.4 Å². The Morgan fingerprint density at radius 1 is 0.972 bits per heavy atom. The summed E-state index contributed by atoms with van der Waals surface area (Å²) in [6, 6.07) is 25.7. The average Bonchev–Trinajstić information content (AvgIpc) is 3.22. The van der Waals surface area contributed by atoms with E-state index >= 15 is 0 Å². The minimum atomic E-state index is -0.539. The van der Waals surface area contributed by atoms with Crippen LogP contribution in [0.25, 0.3) is 11.1 Å². The summed E-state index contributed by atoms with van der Waals surface area (Å²) >= 11 is 7.69. The maximum Gasteiger partial charge on any atom is 0.407 e. The van der Waals surface area contributed by atoms with E-state index in [1.807, 2.05) is 30.3 Å². The number of aldehydes is 1. The molecule has 0 aromatic heterocycles. The Bertz CT molecular complexity index is 1410. The number of ether oxygens (including phenoxy) is 1. The second-order valence-electron chi connectivity index (χ2n) is 8.31. The lowest BCUT2D eigenvalue weighted by Gasteiger charge is -2.16. The highest BCUT2D eigenvalue weighted by Gasteiger charge is 2.29. The highest BCUT2D eigenvalue weighted by atomic mass is 35.5. The van der Waals surface area contributed by atoms with Gasteiger partial charge in [-0.2, -0.15) is 0 Å². The standard InChI is InChI=1S/C29H21ClFNO3S/c30-26-11-5-6-18(28(26)36-27-13-12-20(31)14-19(27)16-33)15-32-29(34)35-17-25-23-9-3-1-7-21(23)22-8-2-4-10-24(22)25/h1-14,16,25H,15,17H2,(H,32,34). The summed E-state index contributed by atoms with van der Waals surface area (Å²) in [5, 5.41) is 3.27. The van der Waals surface area contributed by atoms with Crippen molar-refractivity contribution in [1.29, 1.82) is 0 Å². The number of carbonyl (C=O) groups is 2. The molecule has 7 heteroatoms. The van der Waals surface area contributed by atoms with E-state index in [1.165, 1.54) is 30.0 Å². The number of fused-ring (bicyclic) bond motifs is 3. The van der Waals surface area contributed by atoms with Gasteiger partial charge in [-0.25, -0.2) is 9.18 Å². The number of amides is 1. The van der Waals surface area contributed by atoms with Gasteiger partial charge < -0.3 is 10.1 Å². The van der Waals surface area contributed by atoms with Crippen molar-refractivity contribution in [3.63, 3.8) is 0 Å². The summed E-state index contributed by atoms with van der Waals surface area (Å²) in [7, 11) is 0. The van der Waals surface area contributed by atoms with E-state index in [-0.39, 0.29) is 24.6 Å². The van der Waals surface area contributed by atoms with E-state index in [4.69, 9.17) is 16.3 Å². The van der Waals surface area contributed by atoms with Gasteiger partial charge in [0.15, 0.2) is 6.29 Å². The molecular formula is C29H21ClFNO3S. The molecule has 180 valence electrons. The van der Waals surface area contributed by atoms with Crippen LogP contribution in [0.15, 0.2) is 94.7 Å². The molecule has 0 fully saturated rings. The molecule has 1 aliphatic rings. The number of benzene rings is 4. The third kappa shape index (κ3) is 4.87.